The highest BCUT2D eigenvalue weighted by Crippen LogP contribution is 2.26. The predicted octanol–water partition coefficient (Wildman–Crippen LogP) is 3.27. The quantitative estimate of drug-likeness (QED) is 0.650. The van der Waals surface area contributed by atoms with E-state index in [1.807, 2.05) is 6.07 Å². The maximum atomic E-state index is 11.6. The van der Waals surface area contributed by atoms with E-state index in [9.17, 15) is 9.90 Å². The Morgan fingerprint density at radius 2 is 2.11 bits per heavy atom. The van der Waals surface area contributed by atoms with Crippen LogP contribution >= 0.6 is 0 Å². The van der Waals surface area contributed by atoms with E-state index in [-0.39, 0.29) is 0 Å². The van der Waals surface area contributed by atoms with Gasteiger partial charge in [0.05, 0.1) is 24.2 Å². The highest BCUT2D eigenvalue weighted by Gasteiger charge is 2.25. The van der Waals surface area contributed by atoms with Crippen LogP contribution in [0.15, 0.2) is 53.4 Å². The number of ether oxygens (including phenoxy) is 1. The largest absolute Gasteiger partial charge is 0.493 e. The van der Waals surface area contributed by atoms with Crippen LogP contribution in [0.4, 0.5) is 5.69 Å². The highest BCUT2D eigenvalue weighted by atomic mass is 16.5. The van der Waals surface area contributed by atoms with Gasteiger partial charge in [-0.1, -0.05) is 12.1 Å². The first-order valence-electron chi connectivity index (χ1n) is 9.27. The molecule has 0 aliphatic carbocycles. The molecule has 3 heterocycles. The molecule has 0 bridgehead atoms. The first-order valence-corrected chi connectivity index (χ1v) is 9.27. The molecule has 1 unspecified atom stereocenters. The van der Waals surface area contributed by atoms with Gasteiger partial charge in [0, 0.05) is 18.7 Å². The first-order chi connectivity index (χ1) is 13.7. The number of nitrogens with zero attached hydrogens (tertiary/aromatic N) is 2. The average Bonchev–Trinajstić information content (AvgIpc) is 3.23. The number of carbonyl (C=O) groups is 1. The molecule has 3 aromatic rings. The van der Waals surface area contributed by atoms with Crippen molar-refractivity contribution in [1.29, 1.82) is 0 Å². The molecule has 7 nitrogen and oxygen atoms in total. The van der Waals surface area contributed by atoms with E-state index in [1.165, 1.54) is 12.6 Å². The second-order valence-electron chi connectivity index (χ2n) is 6.67. The van der Waals surface area contributed by atoms with Crippen molar-refractivity contribution in [3.8, 4) is 5.75 Å². The van der Waals surface area contributed by atoms with E-state index >= 15 is 0 Å². The van der Waals surface area contributed by atoms with Crippen molar-refractivity contribution in [3.63, 3.8) is 0 Å². The van der Waals surface area contributed by atoms with Gasteiger partial charge in [-0.3, -0.25) is 9.78 Å². The Hall–Kier alpha value is -3.35. The molecule has 0 fully saturated rings. The molecule has 4 rings (SSSR count). The van der Waals surface area contributed by atoms with Gasteiger partial charge in [-0.15, -0.1) is 0 Å². The van der Waals surface area contributed by atoms with Gasteiger partial charge in [-0.05, 0) is 42.7 Å². The Kier molecular flexibility index (Phi) is 5.23. The number of hydrogen-bond donors (Lipinski definition) is 2. The van der Waals surface area contributed by atoms with Gasteiger partial charge in [-0.2, -0.15) is 0 Å². The summed E-state index contributed by atoms with van der Waals surface area (Å²) in [5.74, 6) is -0.887. The van der Waals surface area contributed by atoms with Crippen LogP contribution in [0.3, 0.4) is 0 Å². The van der Waals surface area contributed by atoms with Crippen molar-refractivity contribution in [2.75, 3.05) is 18.5 Å². The lowest BCUT2D eigenvalue weighted by atomic mass is 9.97. The highest BCUT2D eigenvalue weighted by molar-refractivity contribution is 5.79. The Morgan fingerprint density at radius 1 is 1.25 bits per heavy atom. The molecule has 144 valence electrons. The van der Waals surface area contributed by atoms with E-state index in [2.05, 4.69) is 16.4 Å². The fraction of sp³-hybridized carbons (Fsp3) is 0.286. The minimum Gasteiger partial charge on any atom is -0.493 e. The summed E-state index contributed by atoms with van der Waals surface area (Å²) in [5.41, 5.74) is 3.88. The van der Waals surface area contributed by atoms with Crippen LogP contribution in [0, 0.1) is 0 Å². The Morgan fingerprint density at radius 3 is 2.86 bits per heavy atom. The number of benzene rings is 1. The van der Waals surface area contributed by atoms with Crippen LogP contribution in [0.25, 0.3) is 0 Å². The summed E-state index contributed by atoms with van der Waals surface area (Å²) in [6.07, 6.45) is 5.48. The van der Waals surface area contributed by atoms with Crippen molar-refractivity contribution in [1.82, 2.24) is 9.97 Å². The number of anilines is 1. The zero-order valence-corrected chi connectivity index (χ0v) is 15.3. The number of pyridine rings is 1. The standard InChI is InChI=1S/C21H21N3O4/c25-21(26)20(19-12-22-13-28-19)14-3-6-16(7-4-14)27-11-9-15-5-8-17-18(24-15)2-1-10-23-17/h3-8,12-13,20,23H,1-2,9-11H2,(H,25,26). The lowest BCUT2D eigenvalue weighted by Gasteiger charge is -2.17. The summed E-state index contributed by atoms with van der Waals surface area (Å²) < 4.78 is 11.0. The molecule has 1 aromatic carbocycles. The van der Waals surface area contributed by atoms with Gasteiger partial charge < -0.3 is 19.6 Å². The van der Waals surface area contributed by atoms with E-state index in [1.54, 1.807) is 24.3 Å². The SMILES string of the molecule is O=C(O)C(c1ccc(OCCc2ccc3c(n2)CCCN3)cc1)c1cnco1. The molecule has 2 N–H and O–H groups in total. The number of oxazole rings is 1. The summed E-state index contributed by atoms with van der Waals surface area (Å²) in [6.45, 7) is 1.51. The van der Waals surface area contributed by atoms with Crippen LogP contribution in [-0.2, 0) is 17.6 Å². The molecule has 0 amide bonds. The number of carboxylic acids is 1. The topological polar surface area (TPSA) is 97.5 Å². The second kappa shape index (κ2) is 8.12. The molecule has 1 aliphatic rings. The molecule has 0 saturated heterocycles. The molecule has 1 atom stereocenters. The van der Waals surface area contributed by atoms with Gasteiger partial charge in [0.1, 0.15) is 17.4 Å². The van der Waals surface area contributed by atoms with Crippen molar-refractivity contribution >= 4 is 11.7 Å². The fourth-order valence-corrected chi connectivity index (χ4v) is 3.34. The molecule has 0 saturated carbocycles. The van der Waals surface area contributed by atoms with Crippen molar-refractivity contribution in [3.05, 3.63) is 71.7 Å². The smallest absolute Gasteiger partial charge is 0.318 e. The Balaban J connectivity index is 1.36. The first kappa shape index (κ1) is 18.0. The van der Waals surface area contributed by atoms with Crippen LogP contribution in [0.2, 0.25) is 0 Å². The van der Waals surface area contributed by atoms with Crippen LogP contribution in [0.5, 0.6) is 5.75 Å². The van der Waals surface area contributed by atoms with E-state index in [4.69, 9.17) is 14.1 Å². The van der Waals surface area contributed by atoms with E-state index < -0.39 is 11.9 Å². The maximum Gasteiger partial charge on any atom is 0.318 e. The molecule has 2 aromatic heterocycles. The third kappa shape index (κ3) is 3.98. The molecular weight excluding hydrogens is 358 g/mol. The van der Waals surface area contributed by atoms with Crippen molar-refractivity contribution in [2.45, 2.75) is 25.2 Å². The summed E-state index contributed by atoms with van der Waals surface area (Å²) >= 11 is 0. The monoisotopic (exact) mass is 379 g/mol. The zero-order chi connectivity index (χ0) is 19.3. The van der Waals surface area contributed by atoms with Gasteiger partial charge in [0.2, 0.25) is 0 Å². The van der Waals surface area contributed by atoms with Crippen molar-refractivity contribution < 1.29 is 19.1 Å². The number of hydrogen-bond acceptors (Lipinski definition) is 6. The third-order valence-corrected chi connectivity index (χ3v) is 4.76. The van der Waals surface area contributed by atoms with Gasteiger partial charge in [0.25, 0.3) is 0 Å². The molecule has 7 heteroatoms. The number of aromatic nitrogens is 2. The van der Waals surface area contributed by atoms with Crippen LogP contribution in [-0.4, -0.2) is 34.2 Å². The number of aryl methyl sites for hydroxylation is 1. The average molecular weight is 379 g/mol. The minimum absolute atomic E-state index is 0.300. The van der Waals surface area contributed by atoms with E-state index in [0.717, 1.165) is 36.5 Å². The number of nitrogens with one attached hydrogen (secondary N) is 1. The lowest BCUT2D eigenvalue weighted by Crippen LogP contribution is -2.14. The molecule has 0 spiro atoms. The lowest BCUT2D eigenvalue weighted by molar-refractivity contribution is -0.138. The summed E-state index contributed by atoms with van der Waals surface area (Å²) in [6, 6.07) is 11.1. The third-order valence-electron chi connectivity index (χ3n) is 4.76. The van der Waals surface area contributed by atoms with Crippen LogP contribution < -0.4 is 10.1 Å². The summed E-state index contributed by atoms with van der Waals surface area (Å²) in [7, 11) is 0. The number of aliphatic carboxylic acids is 1. The normalized spacial score (nSPS) is 14.0. The Labute approximate surface area is 162 Å². The second-order valence-corrected chi connectivity index (χ2v) is 6.67. The minimum atomic E-state index is -0.988. The van der Waals surface area contributed by atoms with E-state index in [0.29, 0.717) is 30.1 Å². The van der Waals surface area contributed by atoms with Crippen molar-refractivity contribution in [2.24, 2.45) is 0 Å². The zero-order valence-electron chi connectivity index (χ0n) is 15.3. The number of carboxylic acid groups (broad SMARTS) is 1. The predicted molar refractivity (Wildman–Crippen MR) is 103 cm³/mol. The Bertz CT molecular complexity index is 939. The molecule has 0 radical (unpaired) electrons. The maximum absolute atomic E-state index is 11.6. The fourth-order valence-electron chi connectivity index (χ4n) is 3.34. The van der Waals surface area contributed by atoms with Gasteiger partial charge >= 0.3 is 5.97 Å². The summed E-state index contributed by atoms with van der Waals surface area (Å²) in [4.78, 5) is 20.1. The molecular formula is C21H21N3O4. The molecule has 28 heavy (non-hydrogen) atoms. The van der Waals surface area contributed by atoms with Crippen LogP contribution in [0.1, 0.15) is 35.1 Å². The van der Waals surface area contributed by atoms with Gasteiger partial charge in [-0.25, -0.2) is 4.98 Å². The van der Waals surface area contributed by atoms with Gasteiger partial charge in [0.15, 0.2) is 6.39 Å². The molecule has 1 aliphatic heterocycles. The number of rotatable bonds is 7. The summed E-state index contributed by atoms with van der Waals surface area (Å²) in [5, 5.41) is 12.8. The number of fused-ring (bicyclic) bond motifs is 1.